The van der Waals surface area contributed by atoms with Crippen molar-refractivity contribution in [2.45, 2.75) is 17.1 Å². The standard InChI is InChI=1S/C27H32N2O5S/c1-33-25-12-14-26(15-13-25)35(31,32)29-18-16-28(17-19-29)20-24(30)21-34-27(22-8-4-2-5-9-22)23-10-6-3-7-11-23/h2-15,24,27,30H,16-21H2,1H3/t24-/m0/s1. The highest BCUT2D eigenvalue weighted by Crippen LogP contribution is 2.26. The lowest BCUT2D eigenvalue weighted by Crippen LogP contribution is -2.50. The van der Waals surface area contributed by atoms with E-state index in [0.29, 0.717) is 38.5 Å². The molecule has 1 aliphatic heterocycles. The Kier molecular flexibility index (Phi) is 8.54. The summed E-state index contributed by atoms with van der Waals surface area (Å²) < 4.78 is 38.7. The van der Waals surface area contributed by atoms with Crippen molar-refractivity contribution in [3.05, 3.63) is 96.1 Å². The van der Waals surface area contributed by atoms with E-state index in [2.05, 4.69) is 4.90 Å². The van der Waals surface area contributed by atoms with E-state index in [4.69, 9.17) is 9.47 Å². The van der Waals surface area contributed by atoms with Gasteiger partial charge in [0.1, 0.15) is 11.9 Å². The summed E-state index contributed by atoms with van der Waals surface area (Å²) in [5.74, 6) is 0.617. The van der Waals surface area contributed by atoms with Crippen molar-refractivity contribution in [1.82, 2.24) is 9.21 Å². The van der Waals surface area contributed by atoms with Gasteiger partial charge in [-0.1, -0.05) is 60.7 Å². The predicted octanol–water partition coefficient (Wildman–Crippen LogP) is 3.17. The highest BCUT2D eigenvalue weighted by Gasteiger charge is 2.29. The number of benzene rings is 3. The maximum atomic E-state index is 13.0. The van der Waals surface area contributed by atoms with Crippen LogP contribution in [0, 0.1) is 0 Å². The molecular weight excluding hydrogens is 464 g/mol. The Labute approximate surface area is 207 Å². The fourth-order valence-corrected chi connectivity index (χ4v) is 5.67. The molecule has 0 radical (unpaired) electrons. The van der Waals surface area contributed by atoms with E-state index >= 15 is 0 Å². The van der Waals surface area contributed by atoms with Gasteiger partial charge in [0, 0.05) is 32.7 Å². The minimum absolute atomic E-state index is 0.179. The van der Waals surface area contributed by atoms with Gasteiger partial charge in [0.2, 0.25) is 10.0 Å². The Bertz CT molecular complexity index is 1110. The monoisotopic (exact) mass is 496 g/mol. The molecule has 4 rings (SSSR count). The minimum Gasteiger partial charge on any atom is -0.497 e. The molecule has 1 atom stereocenters. The van der Waals surface area contributed by atoms with Crippen LogP contribution < -0.4 is 4.74 Å². The molecule has 0 aromatic heterocycles. The van der Waals surface area contributed by atoms with Crippen LogP contribution >= 0.6 is 0 Å². The molecule has 1 fully saturated rings. The third-order valence-corrected chi connectivity index (χ3v) is 8.07. The van der Waals surface area contributed by atoms with Crippen molar-refractivity contribution in [2.24, 2.45) is 0 Å². The van der Waals surface area contributed by atoms with Crippen molar-refractivity contribution >= 4 is 10.0 Å². The van der Waals surface area contributed by atoms with E-state index in [0.717, 1.165) is 11.1 Å². The zero-order chi connectivity index (χ0) is 24.7. The Balaban J connectivity index is 1.30. The van der Waals surface area contributed by atoms with E-state index in [1.807, 2.05) is 60.7 Å². The van der Waals surface area contributed by atoms with E-state index < -0.39 is 16.1 Å². The smallest absolute Gasteiger partial charge is 0.243 e. The molecule has 1 saturated heterocycles. The molecule has 0 spiro atoms. The van der Waals surface area contributed by atoms with Crippen LogP contribution in [0.25, 0.3) is 0 Å². The third kappa shape index (κ3) is 6.48. The topological polar surface area (TPSA) is 79.3 Å². The van der Waals surface area contributed by atoms with Gasteiger partial charge in [0.25, 0.3) is 0 Å². The second kappa shape index (κ2) is 11.8. The Morgan fingerprint density at radius 1 is 0.829 bits per heavy atom. The summed E-state index contributed by atoms with van der Waals surface area (Å²) in [7, 11) is -2.01. The van der Waals surface area contributed by atoms with Crippen LogP contribution in [0.3, 0.4) is 0 Å². The summed E-state index contributed by atoms with van der Waals surface area (Å²) in [6.45, 7) is 2.45. The minimum atomic E-state index is -3.56. The fraction of sp³-hybridized carbons (Fsp3) is 0.333. The number of methoxy groups -OCH3 is 1. The lowest BCUT2D eigenvalue weighted by atomic mass is 10.0. The molecule has 0 saturated carbocycles. The van der Waals surface area contributed by atoms with Gasteiger partial charge in [0.05, 0.1) is 24.7 Å². The molecule has 0 bridgehead atoms. The summed E-state index contributed by atoms with van der Waals surface area (Å²) >= 11 is 0. The van der Waals surface area contributed by atoms with Gasteiger partial charge < -0.3 is 14.6 Å². The Hall–Kier alpha value is -2.75. The first-order valence-corrected chi connectivity index (χ1v) is 13.2. The summed E-state index contributed by atoms with van der Waals surface area (Å²) in [6.07, 6.45) is -0.951. The van der Waals surface area contributed by atoms with Crippen molar-refractivity contribution in [2.75, 3.05) is 46.4 Å². The molecular formula is C27H32N2O5S. The SMILES string of the molecule is COc1ccc(S(=O)(=O)N2CCN(C[C@H](O)COC(c3ccccc3)c3ccccc3)CC2)cc1. The molecule has 1 aliphatic rings. The maximum absolute atomic E-state index is 13.0. The lowest BCUT2D eigenvalue weighted by molar-refractivity contribution is -0.0117. The van der Waals surface area contributed by atoms with Crippen LogP contribution in [0.15, 0.2) is 89.8 Å². The zero-order valence-electron chi connectivity index (χ0n) is 19.9. The molecule has 0 amide bonds. The second-order valence-corrected chi connectivity index (χ2v) is 10.5. The summed E-state index contributed by atoms with van der Waals surface area (Å²) in [6, 6.07) is 26.4. The molecule has 8 heteroatoms. The van der Waals surface area contributed by atoms with Crippen molar-refractivity contribution in [3.8, 4) is 5.75 Å². The first-order valence-electron chi connectivity index (χ1n) is 11.7. The highest BCUT2D eigenvalue weighted by molar-refractivity contribution is 7.89. The molecule has 7 nitrogen and oxygen atoms in total. The molecule has 1 heterocycles. The number of rotatable bonds is 10. The molecule has 1 N–H and O–H groups in total. The molecule has 3 aromatic carbocycles. The van der Waals surface area contributed by atoms with Gasteiger partial charge in [-0.05, 0) is 35.4 Å². The fourth-order valence-electron chi connectivity index (χ4n) is 4.25. The zero-order valence-corrected chi connectivity index (χ0v) is 20.7. The van der Waals surface area contributed by atoms with Gasteiger partial charge in [-0.2, -0.15) is 4.31 Å². The number of nitrogens with zero attached hydrogens (tertiary/aromatic N) is 2. The number of piperazine rings is 1. The first kappa shape index (κ1) is 25.3. The summed E-state index contributed by atoms with van der Waals surface area (Å²) in [5, 5.41) is 10.7. The maximum Gasteiger partial charge on any atom is 0.243 e. The number of aliphatic hydroxyl groups excluding tert-OH is 1. The number of hydrogen-bond acceptors (Lipinski definition) is 6. The summed E-state index contributed by atoms with van der Waals surface area (Å²) in [5.41, 5.74) is 2.06. The number of hydrogen-bond donors (Lipinski definition) is 1. The Morgan fingerprint density at radius 2 is 1.37 bits per heavy atom. The lowest BCUT2D eigenvalue weighted by Gasteiger charge is -2.35. The average Bonchev–Trinajstić information content (AvgIpc) is 2.90. The second-order valence-electron chi connectivity index (χ2n) is 8.57. The van der Waals surface area contributed by atoms with E-state index in [-0.39, 0.29) is 17.6 Å². The highest BCUT2D eigenvalue weighted by atomic mass is 32.2. The van der Waals surface area contributed by atoms with Crippen LogP contribution in [0.5, 0.6) is 5.75 Å². The van der Waals surface area contributed by atoms with Gasteiger partial charge in [-0.15, -0.1) is 0 Å². The van der Waals surface area contributed by atoms with Crippen molar-refractivity contribution in [1.29, 1.82) is 0 Å². The van der Waals surface area contributed by atoms with Gasteiger partial charge in [0.15, 0.2) is 0 Å². The molecule has 186 valence electrons. The van der Waals surface area contributed by atoms with E-state index in [1.165, 1.54) is 4.31 Å². The van der Waals surface area contributed by atoms with Crippen LogP contribution in [0.1, 0.15) is 17.2 Å². The van der Waals surface area contributed by atoms with Crippen LogP contribution in [0.4, 0.5) is 0 Å². The number of sulfonamides is 1. The van der Waals surface area contributed by atoms with Gasteiger partial charge in [-0.3, -0.25) is 4.90 Å². The quantitative estimate of drug-likeness (QED) is 0.465. The van der Waals surface area contributed by atoms with Gasteiger partial charge in [-0.25, -0.2) is 8.42 Å². The van der Waals surface area contributed by atoms with Crippen LogP contribution in [0.2, 0.25) is 0 Å². The molecule has 35 heavy (non-hydrogen) atoms. The number of β-amino-alcohol motifs (C(OH)–C–C–N with tert-alkyl or cyclic N) is 1. The molecule has 0 aliphatic carbocycles. The van der Waals surface area contributed by atoms with E-state index in [9.17, 15) is 13.5 Å². The van der Waals surface area contributed by atoms with Crippen LogP contribution in [-0.4, -0.2) is 75.3 Å². The number of aliphatic hydroxyl groups is 1. The first-order chi connectivity index (χ1) is 17.0. The molecule has 0 unspecified atom stereocenters. The predicted molar refractivity (Wildman–Crippen MR) is 135 cm³/mol. The summed E-state index contributed by atoms with van der Waals surface area (Å²) in [4.78, 5) is 2.33. The molecule has 3 aromatic rings. The van der Waals surface area contributed by atoms with E-state index in [1.54, 1.807) is 31.4 Å². The Morgan fingerprint density at radius 3 is 1.89 bits per heavy atom. The normalized spacial score (nSPS) is 16.3. The third-order valence-electron chi connectivity index (χ3n) is 6.16. The number of ether oxygens (including phenoxy) is 2. The van der Waals surface area contributed by atoms with Gasteiger partial charge >= 0.3 is 0 Å². The van der Waals surface area contributed by atoms with Crippen LogP contribution in [-0.2, 0) is 14.8 Å². The van der Waals surface area contributed by atoms with Crippen molar-refractivity contribution < 1.29 is 23.0 Å². The van der Waals surface area contributed by atoms with Crippen molar-refractivity contribution in [3.63, 3.8) is 0 Å². The largest absolute Gasteiger partial charge is 0.497 e. The average molecular weight is 497 g/mol.